The Hall–Kier alpha value is -1.33. The molecule has 0 radical (unpaired) electrons. The quantitative estimate of drug-likeness (QED) is 0.476. The fourth-order valence-electron chi connectivity index (χ4n) is 0.935. The predicted octanol–water partition coefficient (Wildman–Crippen LogP) is 1.61. The minimum Gasteiger partial charge on any atom is -0.492 e. The number of halogens is 1. The number of likely N-dealkylation sites (N-methyl/N-ethyl adjacent to an activating group) is 1. The maximum atomic E-state index is 10.3. The molecule has 0 saturated heterocycles. The average Bonchev–Trinajstić information content (AvgIpc) is 2.19. The third kappa shape index (κ3) is 4.62. The summed E-state index contributed by atoms with van der Waals surface area (Å²) in [6.07, 6.45) is 0. The van der Waals surface area contributed by atoms with E-state index in [0.717, 1.165) is 6.54 Å². The van der Waals surface area contributed by atoms with Gasteiger partial charge in [-0.25, -0.2) is 0 Å². The van der Waals surface area contributed by atoms with Crippen molar-refractivity contribution in [1.82, 2.24) is 5.32 Å². The Kier molecular flexibility index (Phi) is 6.40. The van der Waals surface area contributed by atoms with Gasteiger partial charge in [0, 0.05) is 18.7 Å². The molecule has 1 rings (SSSR count). The fourth-order valence-corrected chi connectivity index (χ4v) is 0.935. The molecule has 5 nitrogen and oxygen atoms in total. The molecule has 1 aromatic rings. The van der Waals surface area contributed by atoms with Gasteiger partial charge in [-0.1, -0.05) is 0 Å². The van der Waals surface area contributed by atoms with Crippen molar-refractivity contribution in [2.45, 2.75) is 0 Å². The molecule has 0 fully saturated rings. The fraction of sp³-hybridized carbons (Fsp3) is 0.333. The van der Waals surface area contributed by atoms with Crippen molar-refractivity contribution in [1.29, 1.82) is 0 Å². The summed E-state index contributed by atoms with van der Waals surface area (Å²) in [5, 5.41) is 13.3. The van der Waals surface area contributed by atoms with Gasteiger partial charge in [-0.3, -0.25) is 10.1 Å². The van der Waals surface area contributed by atoms with E-state index in [2.05, 4.69) is 5.32 Å². The number of rotatable bonds is 5. The van der Waals surface area contributed by atoms with E-state index in [1.807, 2.05) is 7.05 Å². The van der Waals surface area contributed by atoms with Crippen molar-refractivity contribution < 1.29 is 9.66 Å². The van der Waals surface area contributed by atoms with Crippen LogP contribution in [0.4, 0.5) is 5.69 Å². The molecule has 0 heterocycles. The molecule has 0 saturated carbocycles. The molecule has 0 bridgehead atoms. The largest absolute Gasteiger partial charge is 0.492 e. The van der Waals surface area contributed by atoms with Crippen LogP contribution in [0.25, 0.3) is 0 Å². The molecule has 15 heavy (non-hydrogen) atoms. The number of nitro groups is 1. The van der Waals surface area contributed by atoms with Gasteiger partial charge in [0.1, 0.15) is 12.4 Å². The molecule has 0 aromatic heterocycles. The molecule has 0 aliphatic carbocycles. The Bertz CT molecular complexity index is 303. The van der Waals surface area contributed by atoms with Gasteiger partial charge in [0.2, 0.25) is 0 Å². The summed E-state index contributed by atoms with van der Waals surface area (Å²) in [4.78, 5) is 9.89. The summed E-state index contributed by atoms with van der Waals surface area (Å²) in [7, 11) is 1.83. The van der Waals surface area contributed by atoms with Crippen LogP contribution in [0.1, 0.15) is 0 Å². The number of non-ortho nitro benzene ring substituents is 1. The Labute approximate surface area is 94.0 Å². The summed E-state index contributed by atoms with van der Waals surface area (Å²) < 4.78 is 5.30. The van der Waals surface area contributed by atoms with E-state index in [-0.39, 0.29) is 18.1 Å². The molecular weight excluding hydrogens is 220 g/mol. The number of hydrogen-bond donors (Lipinski definition) is 1. The number of nitro benzene ring substituents is 1. The molecule has 0 aliphatic rings. The first-order valence-corrected chi connectivity index (χ1v) is 4.26. The van der Waals surface area contributed by atoms with Crippen LogP contribution >= 0.6 is 12.4 Å². The minimum absolute atomic E-state index is 0. The van der Waals surface area contributed by atoms with Gasteiger partial charge >= 0.3 is 0 Å². The summed E-state index contributed by atoms with van der Waals surface area (Å²) in [5.41, 5.74) is 0.0750. The molecule has 1 N–H and O–H groups in total. The van der Waals surface area contributed by atoms with E-state index in [1.165, 1.54) is 12.1 Å². The highest BCUT2D eigenvalue weighted by Gasteiger charge is 2.03. The zero-order chi connectivity index (χ0) is 10.4. The highest BCUT2D eigenvalue weighted by molar-refractivity contribution is 5.85. The second-order valence-corrected chi connectivity index (χ2v) is 2.70. The molecule has 0 amide bonds. The zero-order valence-corrected chi connectivity index (χ0v) is 9.12. The lowest BCUT2D eigenvalue weighted by molar-refractivity contribution is -0.384. The molecule has 1 aromatic carbocycles. The highest BCUT2D eigenvalue weighted by atomic mass is 35.5. The monoisotopic (exact) mass is 232 g/mol. The molecule has 0 aliphatic heterocycles. The molecule has 0 atom stereocenters. The van der Waals surface area contributed by atoms with Gasteiger partial charge in [0.05, 0.1) is 4.92 Å². The lowest BCUT2D eigenvalue weighted by Crippen LogP contribution is -2.15. The van der Waals surface area contributed by atoms with Gasteiger partial charge in [-0.05, 0) is 19.2 Å². The SMILES string of the molecule is CNCCOc1ccc([N+](=O)[O-])cc1.Cl. The smallest absolute Gasteiger partial charge is 0.269 e. The van der Waals surface area contributed by atoms with Crippen molar-refractivity contribution in [3.8, 4) is 5.75 Å². The second-order valence-electron chi connectivity index (χ2n) is 2.70. The van der Waals surface area contributed by atoms with Gasteiger partial charge in [0.25, 0.3) is 5.69 Å². The van der Waals surface area contributed by atoms with E-state index < -0.39 is 4.92 Å². The number of nitrogens with zero attached hydrogens (tertiary/aromatic N) is 1. The van der Waals surface area contributed by atoms with E-state index in [0.29, 0.717) is 12.4 Å². The molecule has 0 unspecified atom stereocenters. The van der Waals surface area contributed by atoms with E-state index in [4.69, 9.17) is 4.74 Å². The lowest BCUT2D eigenvalue weighted by atomic mass is 10.3. The molecular formula is C9H13ClN2O3. The first-order valence-electron chi connectivity index (χ1n) is 4.26. The van der Waals surface area contributed by atoms with Crippen LogP contribution < -0.4 is 10.1 Å². The van der Waals surface area contributed by atoms with Crippen molar-refractivity contribution in [2.75, 3.05) is 20.2 Å². The number of benzene rings is 1. The summed E-state index contributed by atoms with van der Waals surface area (Å²) in [6, 6.07) is 6.03. The van der Waals surface area contributed by atoms with Crippen LogP contribution in [0.5, 0.6) is 5.75 Å². The lowest BCUT2D eigenvalue weighted by Gasteiger charge is -2.04. The van der Waals surface area contributed by atoms with Crippen LogP contribution in [0.3, 0.4) is 0 Å². The van der Waals surface area contributed by atoms with Crippen molar-refractivity contribution in [2.24, 2.45) is 0 Å². The van der Waals surface area contributed by atoms with E-state index >= 15 is 0 Å². The van der Waals surface area contributed by atoms with Crippen molar-refractivity contribution in [3.63, 3.8) is 0 Å². The molecule has 84 valence electrons. The topological polar surface area (TPSA) is 64.4 Å². The molecule has 0 spiro atoms. The Morgan fingerprint density at radius 1 is 1.40 bits per heavy atom. The number of nitrogens with one attached hydrogen (secondary N) is 1. The zero-order valence-electron chi connectivity index (χ0n) is 8.30. The number of ether oxygens (including phenoxy) is 1. The van der Waals surface area contributed by atoms with E-state index in [9.17, 15) is 10.1 Å². The number of hydrogen-bond acceptors (Lipinski definition) is 4. The van der Waals surface area contributed by atoms with Crippen molar-refractivity contribution >= 4 is 18.1 Å². The summed E-state index contributed by atoms with van der Waals surface area (Å²) in [6.45, 7) is 1.30. The highest BCUT2D eigenvalue weighted by Crippen LogP contribution is 2.16. The Morgan fingerprint density at radius 3 is 2.47 bits per heavy atom. The third-order valence-electron chi connectivity index (χ3n) is 1.67. The van der Waals surface area contributed by atoms with Crippen LogP contribution in [-0.2, 0) is 0 Å². The van der Waals surface area contributed by atoms with E-state index in [1.54, 1.807) is 12.1 Å². The third-order valence-corrected chi connectivity index (χ3v) is 1.67. The average molecular weight is 233 g/mol. The van der Waals surface area contributed by atoms with Crippen LogP contribution in [0.15, 0.2) is 24.3 Å². The maximum Gasteiger partial charge on any atom is 0.269 e. The standard InChI is InChI=1S/C9H12N2O3.ClH/c1-10-6-7-14-9-4-2-8(3-5-9)11(12)13;/h2-5,10H,6-7H2,1H3;1H. The van der Waals surface area contributed by atoms with Crippen LogP contribution in [0.2, 0.25) is 0 Å². The van der Waals surface area contributed by atoms with Gasteiger partial charge in [0.15, 0.2) is 0 Å². The Morgan fingerprint density at radius 2 is 2.00 bits per heavy atom. The Balaban J connectivity index is 0.00000196. The maximum absolute atomic E-state index is 10.3. The summed E-state index contributed by atoms with van der Waals surface area (Å²) >= 11 is 0. The minimum atomic E-state index is -0.433. The second kappa shape index (κ2) is 7.03. The summed E-state index contributed by atoms with van der Waals surface area (Å²) in [5.74, 6) is 0.644. The first-order chi connectivity index (χ1) is 6.74. The van der Waals surface area contributed by atoms with Crippen molar-refractivity contribution in [3.05, 3.63) is 34.4 Å². The van der Waals surface area contributed by atoms with Crippen LogP contribution in [-0.4, -0.2) is 25.1 Å². The van der Waals surface area contributed by atoms with Gasteiger partial charge in [-0.15, -0.1) is 12.4 Å². The van der Waals surface area contributed by atoms with Crippen LogP contribution in [0, 0.1) is 10.1 Å². The van der Waals surface area contributed by atoms with Gasteiger partial charge < -0.3 is 10.1 Å². The predicted molar refractivity (Wildman–Crippen MR) is 59.8 cm³/mol. The van der Waals surface area contributed by atoms with Gasteiger partial charge in [-0.2, -0.15) is 0 Å². The first kappa shape index (κ1) is 13.7. The normalized spacial score (nSPS) is 9.13. The molecule has 6 heteroatoms.